The second-order valence-electron chi connectivity index (χ2n) is 4.71. The molecule has 0 aromatic carbocycles. The van der Waals surface area contributed by atoms with Gasteiger partial charge in [-0.3, -0.25) is 4.98 Å². The maximum atomic E-state index is 10.6. The van der Waals surface area contributed by atoms with Crippen LogP contribution in [0.1, 0.15) is 11.1 Å². The third-order valence-electron chi connectivity index (χ3n) is 2.80. The van der Waals surface area contributed by atoms with E-state index in [0.717, 1.165) is 6.20 Å². The number of aromatic nitrogens is 2. The molecule has 0 N–H and O–H groups in total. The van der Waals surface area contributed by atoms with E-state index < -0.39 is 20.2 Å². The number of rotatable bonds is 2. The first kappa shape index (κ1) is 19.2. The standard InChI is InChI=1S/C7H9NO3S.C6H7NO3S/c1-6-3-4-8(2)5-7(6)12(9,10)11;1-5-2-3-7-4-6(5)11(8,9)10/h3-5H,1-2H3;2-4H,1H3,(H,8,9,10)/p-1. The summed E-state index contributed by atoms with van der Waals surface area (Å²) in [6.45, 7) is 3.14. The molecule has 10 heteroatoms. The zero-order valence-corrected chi connectivity index (χ0v) is 14.3. The summed E-state index contributed by atoms with van der Waals surface area (Å²) >= 11 is 0. The Morgan fingerprint density at radius 3 is 1.87 bits per heavy atom. The molecule has 0 atom stereocenters. The van der Waals surface area contributed by atoms with Crippen LogP contribution in [0.2, 0.25) is 0 Å². The molecule has 0 saturated carbocycles. The van der Waals surface area contributed by atoms with Gasteiger partial charge in [-0.2, -0.15) is 0 Å². The van der Waals surface area contributed by atoms with E-state index >= 15 is 0 Å². The van der Waals surface area contributed by atoms with Crippen molar-refractivity contribution in [1.82, 2.24) is 4.98 Å². The van der Waals surface area contributed by atoms with Gasteiger partial charge in [0.1, 0.15) is 32.2 Å². The average molecular weight is 359 g/mol. The zero-order chi connectivity index (χ0) is 17.8. The summed E-state index contributed by atoms with van der Waals surface area (Å²) in [6, 6.07) is 3.07. The van der Waals surface area contributed by atoms with Gasteiger partial charge in [-0.15, -0.1) is 0 Å². The smallest absolute Gasteiger partial charge is 0.186 e. The molecule has 0 fully saturated rings. The Hall–Kier alpha value is -1.88. The third kappa shape index (κ3) is 5.67. The molecule has 8 nitrogen and oxygen atoms in total. The second-order valence-corrected chi connectivity index (χ2v) is 7.40. The van der Waals surface area contributed by atoms with Crippen LogP contribution in [0.25, 0.3) is 0 Å². The van der Waals surface area contributed by atoms with Crippen LogP contribution in [0.4, 0.5) is 0 Å². The van der Waals surface area contributed by atoms with Crippen molar-refractivity contribution in [3.05, 3.63) is 48.0 Å². The van der Waals surface area contributed by atoms with Crippen LogP contribution < -0.4 is 4.57 Å². The Bertz CT molecular complexity index is 908. The molecule has 2 rings (SSSR count). The molecule has 126 valence electrons. The lowest BCUT2D eigenvalue weighted by atomic mass is 10.3. The van der Waals surface area contributed by atoms with E-state index in [0.29, 0.717) is 11.1 Å². The highest BCUT2D eigenvalue weighted by atomic mass is 32.2. The van der Waals surface area contributed by atoms with Crippen molar-refractivity contribution in [3.8, 4) is 0 Å². The number of aryl methyl sites for hydroxylation is 3. The summed E-state index contributed by atoms with van der Waals surface area (Å²) in [5.41, 5.74) is 0.901. The van der Waals surface area contributed by atoms with Crippen LogP contribution in [-0.4, -0.2) is 30.9 Å². The Morgan fingerprint density at radius 1 is 0.957 bits per heavy atom. The number of pyridine rings is 2. The van der Waals surface area contributed by atoms with Crippen molar-refractivity contribution < 1.29 is 30.5 Å². The fourth-order valence-corrected chi connectivity index (χ4v) is 3.02. The Labute approximate surface area is 134 Å². The van der Waals surface area contributed by atoms with Crippen LogP contribution in [0.3, 0.4) is 0 Å². The molecule has 0 aliphatic carbocycles. The lowest BCUT2D eigenvalue weighted by Gasteiger charge is -2.07. The normalized spacial score (nSPS) is 11.5. The van der Waals surface area contributed by atoms with Crippen molar-refractivity contribution in [2.75, 3.05) is 0 Å². The van der Waals surface area contributed by atoms with Crippen LogP contribution >= 0.6 is 0 Å². The molecule has 2 aromatic heterocycles. The van der Waals surface area contributed by atoms with Gasteiger partial charge in [-0.05, 0) is 31.0 Å². The molecule has 23 heavy (non-hydrogen) atoms. The third-order valence-corrected chi connectivity index (χ3v) is 4.73. The average Bonchev–Trinajstić information content (AvgIpc) is 2.40. The van der Waals surface area contributed by atoms with Gasteiger partial charge in [-0.1, -0.05) is 0 Å². The van der Waals surface area contributed by atoms with E-state index in [1.165, 1.54) is 23.0 Å². The Kier molecular flexibility index (Phi) is 5.94. The van der Waals surface area contributed by atoms with Gasteiger partial charge in [0.25, 0.3) is 0 Å². The summed E-state index contributed by atoms with van der Waals surface area (Å²) in [6.07, 6.45) is 5.48. The maximum Gasteiger partial charge on any atom is 0.186 e. The summed E-state index contributed by atoms with van der Waals surface area (Å²) in [7, 11) is -7.01. The fraction of sp³-hybridized carbons (Fsp3) is 0.231. The molecule has 0 unspecified atom stereocenters. The van der Waals surface area contributed by atoms with Gasteiger partial charge in [-0.25, -0.2) is 21.4 Å². The van der Waals surface area contributed by atoms with Crippen LogP contribution in [0.5, 0.6) is 0 Å². The van der Waals surface area contributed by atoms with Crippen LogP contribution in [-0.2, 0) is 27.3 Å². The predicted molar refractivity (Wildman–Crippen MR) is 77.3 cm³/mol. The molecule has 0 radical (unpaired) electrons. The largest absolute Gasteiger partial charge is 0.744 e. The summed E-state index contributed by atoms with van der Waals surface area (Å²) in [5, 5.41) is 0. The Morgan fingerprint density at radius 2 is 1.48 bits per heavy atom. The second kappa shape index (κ2) is 7.13. The topological polar surface area (TPSA) is 131 Å². The summed E-state index contributed by atoms with van der Waals surface area (Å²) in [5.74, 6) is 0. The SMILES string of the molecule is Cc1cc[n+](C)cc1S(=O)(=O)[O-].Cc1ccncc1S(=O)(=O)[O-]. The Balaban J connectivity index is 0.000000231. The minimum absolute atomic E-state index is 0.160. The molecule has 0 bridgehead atoms. The highest BCUT2D eigenvalue weighted by molar-refractivity contribution is 7.86. The molecule has 0 aliphatic heterocycles. The number of nitrogens with zero attached hydrogens (tertiary/aromatic N) is 2. The van der Waals surface area contributed by atoms with Gasteiger partial charge in [0.2, 0.25) is 0 Å². The van der Waals surface area contributed by atoms with E-state index in [9.17, 15) is 25.9 Å². The molecule has 0 amide bonds. The van der Waals surface area contributed by atoms with E-state index in [1.54, 1.807) is 33.2 Å². The van der Waals surface area contributed by atoms with E-state index in [1.807, 2.05) is 0 Å². The molecular formula is C13H15N2O6S2-. The lowest BCUT2D eigenvalue weighted by molar-refractivity contribution is -0.673. The first-order chi connectivity index (χ1) is 10.4. The van der Waals surface area contributed by atoms with Crippen molar-refractivity contribution >= 4 is 20.2 Å². The minimum atomic E-state index is -4.35. The molecule has 0 saturated heterocycles. The first-order valence-electron chi connectivity index (χ1n) is 6.21. The zero-order valence-electron chi connectivity index (χ0n) is 12.6. The van der Waals surface area contributed by atoms with Crippen molar-refractivity contribution in [1.29, 1.82) is 0 Å². The van der Waals surface area contributed by atoms with E-state index in [2.05, 4.69) is 4.98 Å². The molecule has 0 spiro atoms. The minimum Gasteiger partial charge on any atom is -0.744 e. The van der Waals surface area contributed by atoms with Crippen molar-refractivity contribution in [3.63, 3.8) is 0 Å². The monoisotopic (exact) mass is 359 g/mol. The quantitative estimate of drug-likeness (QED) is 0.545. The van der Waals surface area contributed by atoms with Gasteiger partial charge >= 0.3 is 0 Å². The number of hydrogen-bond donors (Lipinski definition) is 0. The van der Waals surface area contributed by atoms with Gasteiger partial charge < -0.3 is 9.11 Å². The van der Waals surface area contributed by atoms with Gasteiger partial charge in [0, 0.05) is 18.5 Å². The van der Waals surface area contributed by atoms with E-state index in [4.69, 9.17) is 0 Å². The highest BCUT2D eigenvalue weighted by Gasteiger charge is 2.09. The fourth-order valence-electron chi connectivity index (χ4n) is 1.61. The molecule has 2 aromatic rings. The molecule has 0 aliphatic rings. The number of hydrogen-bond acceptors (Lipinski definition) is 7. The summed E-state index contributed by atoms with van der Waals surface area (Å²) in [4.78, 5) is 3.12. The lowest BCUT2D eigenvalue weighted by Crippen LogP contribution is -2.28. The van der Waals surface area contributed by atoms with Gasteiger partial charge in [0.15, 0.2) is 12.4 Å². The van der Waals surface area contributed by atoms with Gasteiger partial charge in [0.05, 0.1) is 4.90 Å². The highest BCUT2D eigenvalue weighted by Crippen LogP contribution is 2.11. The predicted octanol–water partition coefficient (Wildman–Crippen LogP) is 0.0177. The van der Waals surface area contributed by atoms with Crippen molar-refractivity contribution in [2.24, 2.45) is 7.05 Å². The maximum absolute atomic E-state index is 10.6. The molecular weight excluding hydrogens is 344 g/mol. The summed E-state index contributed by atoms with van der Waals surface area (Å²) < 4.78 is 64.8. The van der Waals surface area contributed by atoms with Crippen LogP contribution in [0, 0.1) is 13.8 Å². The van der Waals surface area contributed by atoms with E-state index in [-0.39, 0.29) is 9.79 Å². The van der Waals surface area contributed by atoms with Crippen molar-refractivity contribution in [2.45, 2.75) is 23.6 Å². The first-order valence-corrected chi connectivity index (χ1v) is 9.03. The molecule has 2 heterocycles. The van der Waals surface area contributed by atoms with Crippen LogP contribution in [0.15, 0.2) is 46.7 Å².